The first-order chi connectivity index (χ1) is 1.73. The van der Waals surface area contributed by atoms with Gasteiger partial charge in [-0.1, -0.05) is 19.4 Å². The first-order valence-corrected chi connectivity index (χ1v) is 2.02. The van der Waals surface area contributed by atoms with Gasteiger partial charge < -0.3 is 0 Å². The van der Waals surface area contributed by atoms with Gasteiger partial charge in [0.15, 0.2) is 0 Å². The summed E-state index contributed by atoms with van der Waals surface area (Å²) < 4.78 is 0. The summed E-state index contributed by atoms with van der Waals surface area (Å²) in [5.41, 5.74) is 0.639. The molecular weight excluding hydrogens is 304 g/mol. The topological polar surface area (TPSA) is 0 Å². The first kappa shape index (κ1) is 23.4. The smallest absolute Gasteiger partial charge is 0.0258 e. The molecule has 0 aromatic carbocycles. The highest BCUT2D eigenvalue weighted by molar-refractivity contribution is 8.93. The van der Waals surface area contributed by atoms with E-state index in [0.29, 0.717) is 5.54 Å². The second kappa shape index (κ2) is 15.6. The average Bonchev–Trinajstić information content (AvgIpc) is 0.811. The van der Waals surface area contributed by atoms with Crippen molar-refractivity contribution in [3.05, 3.63) is 0 Å². The van der Waals surface area contributed by atoms with Crippen molar-refractivity contribution in [3.8, 4) is 0 Å². The molecule has 0 spiro atoms. The Morgan fingerprint density at radius 2 is 1.00 bits per heavy atom. The molecule has 0 unspecified atom stereocenters. The largest absolute Gasteiger partial charge is 0.114 e. The van der Waals surface area contributed by atoms with E-state index < -0.39 is 0 Å². The van der Waals surface area contributed by atoms with Gasteiger partial charge in [-0.05, 0) is 0 Å². The van der Waals surface area contributed by atoms with E-state index >= 15 is 0 Å². The highest BCUT2D eigenvalue weighted by atomic mass is 79.9. The van der Waals surface area contributed by atoms with Gasteiger partial charge in [0, 0.05) is 10.2 Å². The van der Waals surface area contributed by atoms with E-state index in [4.69, 9.17) is 0 Å². The van der Waals surface area contributed by atoms with E-state index in [1.165, 1.54) is 0 Å². The number of rotatable bonds is 0. The maximum Gasteiger partial charge on any atom is 0.0258 e. The summed E-state index contributed by atoms with van der Waals surface area (Å²) in [5, 5.41) is 0. The van der Waals surface area contributed by atoms with Crippen molar-refractivity contribution in [2.75, 3.05) is 0 Å². The maximum atomic E-state index is 3.31. The van der Waals surface area contributed by atoms with Crippen LogP contribution in [0.2, 0.25) is 5.54 Å². The summed E-state index contributed by atoms with van der Waals surface area (Å²) in [6.07, 6.45) is 0. The van der Waals surface area contributed by atoms with Gasteiger partial charge in [0.25, 0.3) is 0 Å². The van der Waals surface area contributed by atoms with Crippen molar-refractivity contribution < 1.29 is 0 Å². The lowest BCUT2D eigenvalue weighted by Gasteiger charge is -1.78. The fourth-order valence-electron chi connectivity index (χ4n) is 0. The molecule has 0 aromatic heterocycles. The normalized spacial score (nSPS) is 5.14. The Morgan fingerprint density at radius 1 is 1.00 bits per heavy atom. The second-order valence-corrected chi connectivity index (χ2v) is 2.31. The lowest BCUT2D eigenvalue weighted by atomic mass is 10.6. The van der Waals surface area contributed by atoms with Crippen LogP contribution in [0.25, 0.3) is 0 Å². The SMILES string of the molecule is Br.Br.Br.CC(C)[Si]. The molecule has 0 fully saturated rings. The van der Waals surface area contributed by atoms with Crippen LogP contribution in [0, 0.1) is 0 Å². The maximum absolute atomic E-state index is 3.31. The van der Waals surface area contributed by atoms with Gasteiger partial charge in [0.1, 0.15) is 0 Å². The predicted molar refractivity (Wildman–Crippen MR) is 51.8 cm³/mol. The third-order valence-corrected chi connectivity index (χ3v) is 0. The Hall–Kier alpha value is 1.66. The zero-order valence-corrected chi connectivity index (χ0v) is 10.4. The zero-order valence-electron chi connectivity index (χ0n) is 4.30. The van der Waals surface area contributed by atoms with Crippen molar-refractivity contribution in [2.24, 2.45) is 0 Å². The van der Waals surface area contributed by atoms with Crippen molar-refractivity contribution in [1.29, 1.82) is 0 Å². The second-order valence-electron chi connectivity index (χ2n) is 1.15. The van der Waals surface area contributed by atoms with Crippen molar-refractivity contribution >= 4 is 61.2 Å². The van der Waals surface area contributed by atoms with Crippen molar-refractivity contribution in [3.63, 3.8) is 0 Å². The number of halogens is 3. The lowest BCUT2D eigenvalue weighted by molar-refractivity contribution is 1.08. The minimum absolute atomic E-state index is 0. The van der Waals surface area contributed by atoms with Crippen LogP contribution in [0.4, 0.5) is 0 Å². The third kappa shape index (κ3) is 89.3. The Kier molecular flexibility index (Phi) is 52.3. The molecule has 7 heavy (non-hydrogen) atoms. The van der Waals surface area contributed by atoms with E-state index in [1.807, 2.05) is 0 Å². The molecular formula is C3H10Br3Si. The van der Waals surface area contributed by atoms with Crippen LogP contribution in [-0.4, -0.2) is 10.2 Å². The standard InChI is InChI=1S/C3H7Si.3BrH/c1-3(2)4;;;/h3H,1-2H3;3*1H. The van der Waals surface area contributed by atoms with Gasteiger partial charge >= 0.3 is 0 Å². The summed E-state index contributed by atoms with van der Waals surface area (Å²) in [6.45, 7) is 4.16. The van der Waals surface area contributed by atoms with Crippen molar-refractivity contribution in [2.45, 2.75) is 19.4 Å². The van der Waals surface area contributed by atoms with Gasteiger partial charge in [-0.15, -0.1) is 50.9 Å². The van der Waals surface area contributed by atoms with Crippen molar-refractivity contribution in [1.82, 2.24) is 0 Å². The molecule has 0 bridgehead atoms. The minimum atomic E-state index is 0. The lowest BCUT2D eigenvalue weighted by Crippen LogP contribution is -1.67. The first-order valence-electron chi connectivity index (χ1n) is 1.44. The third-order valence-electron chi connectivity index (χ3n) is 0. The fraction of sp³-hybridized carbons (Fsp3) is 1.00. The highest BCUT2D eigenvalue weighted by Gasteiger charge is 1.69. The fourth-order valence-corrected chi connectivity index (χ4v) is 0. The monoisotopic (exact) mass is 311 g/mol. The molecule has 0 aliphatic heterocycles. The average molecular weight is 314 g/mol. The van der Waals surface area contributed by atoms with Gasteiger partial charge in [0.2, 0.25) is 0 Å². The molecule has 0 saturated carbocycles. The summed E-state index contributed by atoms with van der Waals surface area (Å²) in [6, 6.07) is 0. The molecule has 0 aliphatic carbocycles. The highest BCUT2D eigenvalue weighted by Crippen LogP contribution is 1.84. The number of hydrogen-bond acceptors (Lipinski definition) is 0. The molecule has 0 amide bonds. The van der Waals surface area contributed by atoms with Crippen LogP contribution in [0.5, 0.6) is 0 Å². The van der Waals surface area contributed by atoms with Gasteiger partial charge in [-0.25, -0.2) is 0 Å². The van der Waals surface area contributed by atoms with Gasteiger partial charge in [0.05, 0.1) is 0 Å². The molecule has 0 nitrogen and oxygen atoms in total. The van der Waals surface area contributed by atoms with Gasteiger partial charge in [-0.3, -0.25) is 0 Å². The molecule has 0 N–H and O–H groups in total. The van der Waals surface area contributed by atoms with Crippen LogP contribution in [0.15, 0.2) is 0 Å². The van der Waals surface area contributed by atoms with Crippen LogP contribution < -0.4 is 0 Å². The van der Waals surface area contributed by atoms with Crippen LogP contribution >= 0.6 is 50.9 Å². The van der Waals surface area contributed by atoms with Crippen LogP contribution in [0.3, 0.4) is 0 Å². The molecule has 0 saturated heterocycles. The minimum Gasteiger partial charge on any atom is -0.114 e. The summed E-state index contributed by atoms with van der Waals surface area (Å²) in [5.74, 6) is 0. The summed E-state index contributed by atoms with van der Waals surface area (Å²) >= 11 is 0. The van der Waals surface area contributed by atoms with E-state index in [1.54, 1.807) is 0 Å². The molecule has 0 aliphatic rings. The van der Waals surface area contributed by atoms with E-state index in [-0.39, 0.29) is 50.9 Å². The Labute approximate surface area is 80.2 Å². The molecule has 4 heteroatoms. The zero-order chi connectivity index (χ0) is 3.58. The van der Waals surface area contributed by atoms with E-state index in [2.05, 4.69) is 24.1 Å². The van der Waals surface area contributed by atoms with Crippen LogP contribution in [-0.2, 0) is 0 Å². The molecule has 3 radical (unpaired) electrons. The molecule has 0 heterocycles. The van der Waals surface area contributed by atoms with Crippen LogP contribution in [0.1, 0.15) is 13.8 Å². The van der Waals surface area contributed by atoms with E-state index in [9.17, 15) is 0 Å². The summed E-state index contributed by atoms with van der Waals surface area (Å²) in [4.78, 5) is 0. The van der Waals surface area contributed by atoms with Gasteiger partial charge in [-0.2, -0.15) is 0 Å². The Balaban J connectivity index is -0.0000000150. The quantitative estimate of drug-likeness (QED) is 0.603. The van der Waals surface area contributed by atoms with E-state index in [0.717, 1.165) is 0 Å². The Bertz CT molecular complexity index is 14.9. The summed E-state index contributed by atoms with van der Waals surface area (Å²) in [7, 11) is 3.31. The number of hydrogen-bond donors (Lipinski definition) is 0. The predicted octanol–water partition coefficient (Wildman–Crippen LogP) is 2.72. The molecule has 47 valence electrons. The molecule has 0 atom stereocenters. The molecule has 0 rings (SSSR count). The molecule has 0 aromatic rings. The Morgan fingerprint density at radius 3 is 1.00 bits per heavy atom.